The van der Waals surface area contributed by atoms with Crippen LogP contribution in [0.4, 0.5) is 4.39 Å². The fourth-order valence-electron chi connectivity index (χ4n) is 1.45. The van der Waals surface area contributed by atoms with Crippen LogP contribution in [0, 0.1) is 5.82 Å². The summed E-state index contributed by atoms with van der Waals surface area (Å²) >= 11 is 1.34. The van der Waals surface area contributed by atoms with Crippen LogP contribution < -0.4 is 0 Å². The average Bonchev–Trinajstić information content (AvgIpc) is 2.45. The fourth-order valence-corrected chi connectivity index (χ4v) is 2.24. The van der Waals surface area contributed by atoms with Crippen molar-refractivity contribution < 1.29 is 14.3 Å². The van der Waals surface area contributed by atoms with Crippen molar-refractivity contribution in [3.8, 4) is 0 Å². The van der Waals surface area contributed by atoms with E-state index in [4.69, 9.17) is 5.11 Å². The lowest BCUT2D eigenvalue weighted by atomic mass is 10.1. The highest BCUT2D eigenvalue weighted by atomic mass is 32.2. The predicted molar refractivity (Wildman–Crippen MR) is 74.7 cm³/mol. The molecule has 0 atom stereocenters. The van der Waals surface area contributed by atoms with Gasteiger partial charge in [0.1, 0.15) is 5.82 Å². The maximum atomic E-state index is 13.8. The van der Waals surface area contributed by atoms with Crippen LogP contribution in [0.3, 0.4) is 0 Å². The van der Waals surface area contributed by atoms with Gasteiger partial charge in [-0.1, -0.05) is 23.9 Å². The number of halogens is 1. The van der Waals surface area contributed by atoms with E-state index in [-0.39, 0.29) is 5.82 Å². The third-order valence-electron chi connectivity index (χ3n) is 2.39. The lowest BCUT2D eigenvalue weighted by molar-refractivity contribution is -0.131. The summed E-state index contributed by atoms with van der Waals surface area (Å²) in [7, 11) is 0. The third kappa shape index (κ3) is 4.17. The Hall–Kier alpha value is -2.21. The number of aliphatic carboxylic acids is 1. The van der Waals surface area contributed by atoms with Crippen LogP contribution >= 0.6 is 11.8 Å². The minimum Gasteiger partial charge on any atom is -0.478 e. The lowest BCUT2D eigenvalue weighted by Gasteiger charge is -2.03. The van der Waals surface area contributed by atoms with Gasteiger partial charge in [0.15, 0.2) is 5.16 Å². The van der Waals surface area contributed by atoms with Gasteiger partial charge in [-0.25, -0.2) is 19.2 Å². The van der Waals surface area contributed by atoms with Crippen molar-refractivity contribution in [2.75, 3.05) is 0 Å². The molecule has 4 nitrogen and oxygen atoms in total. The molecule has 1 heterocycles. The van der Waals surface area contributed by atoms with Crippen molar-refractivity contribution in [1.29, 1.82) is 0 Å². The molecule has 20 heavy (non-hydrogen) atoms. The molecular formula is C14H11FN2O2S. The number of benzene rings is 1. The van der Waals surface area contributed by atoms with Crippen LogP contribution in [0.5, 0.6) is 0 Å². The van der Waals surface area contributed by atoms with E-state index < -0.39 is 5.97 Å². The molecule has 6 heteroatoms. The Morgan fingerprint density at radius 1 is 1.35 bits per heavy atom. The van der Waals surface area contributed by atoms with E-state index >= 15 is 0 Å². The Bertz CT molecular complexity index is 632. The summed E-state index contributed by atoms with van der Waals surface area (Å²) in [5.74, 6) is -1.02. The summed E-state index contributed by atoms with van der Waals surface area (Å²) in [4.78, 5) is 18.5. The van der Waals surface area contributed by atoms with E-state index in [0.717, 1.165) is 6.08 Å². The minimum atomic E-state index is -1.06. The number of carbonyl (C=O) groups is 1. The zero-order valence-corrected chi connectivity index (χ0v) is 11.2. The number of hydrogen-bond donors (Lipinski definition) is 1. The van der Waals surface area contributed by atoms with Crippen LogP contribution in [0.2, 0.25) is 0 Å². The van der Waals surface area contributed by atoms with E-state index in [1.165, 1.54) is 23.9 Å². The van der Waals surface area contributed by atoms with Crippen molar-refractivity contribution in [2.24, 2.45) is 0 Å². The number of thioether (sulfide) groups is 1. The van der Waals surface area contributed by atoms with E-state index in [2.05, 4.69) is 9.97 Å². The summed E-state index contributed by atoms with van der Waals surface area (Å²) < 4.78 is 13.8. The predicted octanol–water partition coefficient (Wildman–Crippen LogP) is 3.01. The Morgan fingerprint density at radius 3 is 2.75 bits per heavy atom. The van der Waals surface area contributed by atoms with Crippen LogP contribution in [-0.2, 0) is 10.5 Å². The molecule has 1 aromatic heterocycles. The minimum absolute atomic E-state index is 0.374. The number of carboxylic acids is 1. The molecule has 0 aliphatic carbocycles. The summed E-state index contributed by atoms with van der Waals surface area (Å²) in [6.45, 7) is 0. The molecule has 0 aliphatic heterocycles. The van der Waals surface area contributed by atoms with Crippen molar-refractivity contribution in [2.45, 2.75) is 10.9 Å². The number of rotatable bonds is 5. The SMILES string of the molecule is O=C(O)C=Cc1ccc(CSc2ncccn2)c(F)c1. The van der Waals surface area contributed by atoms with Crippen molar-refractivity contribution in [1.82, 2.24) is 9.97 Å². The molecule has 0 unspecified atom stereocenters. The summed E-state index contributed by atoms with van der Waals surface area (Å²) in [5.41, 5.74) is 1.03. The highest BCUT2D eigenvalue weighted by Gasteiger charge is 2.05. The first-order valence-corrected chi connectivity index (χ1v) is 6.73. The van der Waals surface area contributed by atoms with Gasteiger partial charge in [0, 0.05) is 24.2 Å². The highest BCUT2D eigenvalue weighted by Crippen LogP contribution is 2.21. The molecule has 102 valence electrons. The van der Waals surface area contributed by atoms with Crippen molar-refractivity contribution in [3.05, 3.63) is 59.7 Å². The molecular weight excluding hydrogens is 279 g/mol. The second-order valence-electron chi connectivity index (χ2n) is 3.84. The van der Waals surface area contributed by atoms with Gasteiger partial charge in [-0.3, -0.25) is 0 Å². The molecule has 1 N–H and O–H groups in total. The van der Waals surface area contributed by atoms with Crippen molar-refractivity contribution in [3.63, 3.8) is 0 Å². The molecule has 1 aromatic carbocycles. The second kappa shape index (κ2) is 6.81. The number of carboxylic acid groups (broad SMARTS) is 1. The fraction of sp³-hybridized carbons (Fsp3) is 0.0714. The molecule has 0 saturated heterocycles. The third-order valence-corrected chi connectivity index (χ3v) is 3.32. The van der Waals surface area contributed by atoms with Crippen LogP contribution in [0.25, 0.3) is 6.08 Å². The molecule has 2 rings (SSSR count). The Kier molecular flexibility index (Phi) is 4.84. The van der Waals surface area contributed by atoms with Gasteiger partial charge < -0.3 is 5.11 Å². The maximum absolute atomic E-state index is 13.8. The number of nitrogens with zero attached hydrogens (tertiary/aromatic N) is 2. The summed E-state index contributed by atoms with van der Waals surface area (Å²) in [5, 5.41) is 9.10. The van der Waals surface area contributed by atoms with Gasteiger partial charge in [0.05, 0.1) is 0 Å². The normalized spacial score (nSPS) is 10.8. The monoisotopic (exact) mass is 290 g/mol. The standard InChI is InChI=1S/C14H11FN2O2S/c15-12-8-10(3-5-13(18)19)2-4-11(12)9-20-14-16-6-1-7-17-14/h1-8H,9H2,(H,18,19). The first-order valence-electron chi connectivity index (χ1n) is 5.74. The zero-order valence-electron chi connectivity index (χ0n) is 10.4. The van der Waals surface area contributed by atoms with Crippen LogP contribution in [0.1, 0.15) is 11.1 Å². The van der Waals surface area contributed by atoms with E-state index in [1.807, 2.05) is 0 Å². The summed E-state index contributed by atoms with van der Waals surface area (Å²) in [6.07, 6.45) is 5.58. The highest BCUT2D eigenvalue weighted by molar-refractivity contribution is 7.98. The van der Waals surface area contributed by atoms with E-state index in [0.29, 0.717) is 22.0 Å². The van der Waals surface area contributed by atoms with Gasteiger partial charge in [0.25, 0.3) is 0 Å². The first-order chi connectivity index (χ1) is 9.65. The van der Waals surface area contributed by atoms with Gasteiger partial charge in [-0.05, 0) is 29.3 Å². The van der Waals surface area contributed by atoms with Gasteiger partial charge in [-0.15, -0.1) is 0 Å². The summed E-state index contributed by atoms with van der Waals surface area (Å²) in [6, 6.07) is 6.33. The molecule has 0 saturated carbocycles. The molecule has 0 bridgehead atoms. The Labute approximate surface area is 119 Å². The van der Waals surface area contributed by atoms with E-state index in [1.54, 1.807) is 30.6 Å². The molecule has 0 aliphatic rings. The lowest BCUT2D eigenvalue weighted by Crippen LogP contribution is -1.91. The van der Waals surface area contributed by atoms with Crippen molar-refractivity contribution >= 4 is 23.8 Å². The maximum Gasteiger partial charge on any atom is 0.328 e. The van der Waals surface area contributed by atoms with Gasteiger partial charge in [0.2, 0.25) is 0 Å². The Morgan fingerprint density at radius 2 is 2.10 bits per heavy atom. The zero-order chi connectivity index (χ0) is 14.4. The Balaban J connectivity index is 2.04. The van der Waals surface area contributed by atoms with Gasteiger partial charge in [-0.2, -0.15) is 0 Å². The van der Waals surface area contributed by atoms with Crippen LogP contribution in [-0.4, -0.2) is 21.0 Å². The first kappa shape index (κ1) is 14.2. The smallest absolute Gasteiger partial charge is 0.328 e. The largest absolute Gasteiger partial charge is 0.478 e. The molecule has 0 fully saturated rings. The topological polar surface area (TPSA) is 63.1 Å². The molecule has 0 amide bonds. The number of hydrogen-bond acceptors (Lipinski definition) is 4. The van der Waals surface area contributed by atoms with Crippen LogP contribution in [0.15, 0.2) is 47.9 Å². The molecule has 0 spiro atoms. The quantitative estimate of drug-likeness (QED) is 0.521. The average molecular weight is 290 g/mol. The second-order valence-corrected chi connectivity index (χ2v) is 4.78. The van der Waals surface area contributed by atoms with E-state index in [9.17, 15) is 9.18 Å². The number of aromatic nitrogens is 2. The van der Waals surface area contributed by atoms with Gasteiger partial charge >= 0.3 is 5.97 Å². The molecule has 0 radical (unpaired) electrons. The molecule has 2 aromatic rings.